The summed E-state index contributed by atoms with van der Waals surface area (Å²) >= 11 is 0. The maximum absolute atomic E-state index is 4.19. The zero-order valence-corrected chi connectivity index (χ0v) is 10.8. The molecule has 0 amide bonds. The van der Waals surface area contributed by atoms with Crippen molar-refractivity contribution in [1.29, 1.82) is 0 Å². The van der Waals surface area contributed by atoms with Crippen LogP contribution in [0.4, 0.5) is 0 Å². The number of rotatable bonds is 3. The van der Waals surface area contributed by atoms with Crippen LogP contribution in [0, 0.1) is 6.92 Å². The first-order valence-corrected chi connectivity index (χ1v) is 6.04. The van der Waals surface area contributed by atoms with Crippen LogP contribution in [-0.4, -0.2) is 4.57 Å². The van der Waals surface area contributed by atoms with E-state index in [9.17, 15) is 0 Å². The van der Waals surface area contributed by atoms with Gasteiger partial charge in [-0.15, -0.1) is 0 Å². The maximum atomic E-state index is 4.19. The van der Waals surface area contributed by atoms with E-state index in [2.05, 4.69) is 56.3 Å². The first kappa shape index (κ1) is 11.7. The molecule has 0 saturated heterocycles. The lowest BCUT2D eigenvalue weighted by molar-refractivity contribution is 0.848. The minimum atomic E-state index is 0.555. The second-order valence-corrected chi connectivity index (χ2v) is 4.69. The highest BCUT2D eigenvalue weighted by Crippen LogP contribution is 2.24. The average Bonchev–Trinajstić information content (AvgIpc) is 2.71. The van der Waals surface area contributed by atoms with Crippen LogP contribution in [0.3, 0.4) is 0 Å². The fourth-order valence-corrected chi connectivity index (χ4v) is 2.20. The molecule has 0 atom stereocenters. The Hall–Kier alpha value is -1.76. The van der Waals surface area contributed by atoms with E-state index >= 15 is 0 Å². The van der Waals surface area contributed by atoms with E-state index in [0.717, 1.165) is 5.70 Å². The fourth-order valence-electron chi connectivity index (χ4n) is 2.20. The van der Waals surface area contributed by atoms with Crippen molar-refractivity contribution in [3.05, 3.63) is 66.0 Å². The summed E-state index contributed by atoms with van der Waals surface area (Å²) in [6.07, 6.45) is 2.11. The molecule has 1 heterocycles. The van der Waals surface area contributed by atoms with Crippen molar-refractivity contribution in [2.45, 2.75) is 26.7 Å². The van der Waals surface area contributed by atoms with E-state index in [4.69, 9.17) is 0 Å². The molecule has 1 aromatic heterocycles. The van der Waals surface area contributed by atoms with Crippen molar-refractivity contribution < 1.29 is 0 Å². The van der Waals surface area contributed by atoms with E-state index in [1.54, 1.807) is 0 Å². The predicted octanol–water partition coefficient (Wildman–Crippen LogP) is 4.44. The first-order valence-electron chi connectivity index (χ1n) is 6.04. The van der Waals surface area contributed by atoms with Crippen LogP contribution >= 0.6 is 0 Å². The van der Waals surface area contributed by atoms with Gasteiger partial charge >= 0.3 is 0 Å². The third-order valence-electron chi connectivity index (χ3n) is 3.20. The van der Waals surface area contributed by atoms with Gasteiger partial charge in [-0.2, -0.15) is 0 Å². The number of hydrogen-bond acceptors (Lipinski definition) is 0. The number of nitrogens with zero attached hydrogens (tertiary/aromatic N) is 1. The van der Waals surface area contributed by atoms with Gasteiger partial charge in [0.15, 0.2) is 0 Å². The Labute approximate surface area is 103 Å². The van der Waals surface area contributed by atoms with E-state index in [1.165, 1.54) is 16.8 Å². The fraction of sp³-hybridized carbons (Fsp3) is 0.250. The standard InChI is InChI=1S/C16H19N/c1-12(2)16-10-11-17(14(16)4)13(3)15-8-6-5-7-9-15/h5-12H,3H2,1-2,4H3. The zero-order valence-electron chi connectivity index (χ0n) is 10.8. The van der Waals surface area contributed by atoms with E-state index in [0.29, 0.717) is 5.92 Å². The van der Waals surface area contributed by atoms with E-state index in [1.807, 2.05) is 18.2 Å². The molecule has 0 radical (unpaired) electrons. The van der Waals surface area contributed by atoms with Crippen LogP contribution in [0.2, 0.25) is 0 Å². The largest absolute Gasteiger partial charge is 0.321 e. The Morgan fingerprint density at radius 1 is 1.12 bits per heavy atom. The van der Waals surface area contributed by atoms with Crippen LogP contribution in [0.15, 0.2) is 49.2 Å². The molecule has 17 heavy (non-hydrogen) atoms. The van der Waals surface area contributed by atoms with Gasteiger partial charge in [0.1, 0.15) is 0 Å². The van der Waals surface area contributed by atoms with E-state index in [-0.39, 0.29) is 0 Å². The Morgan fingerprint density at radius 3 is 2.29 bits per heavy atom. The highest BCUT2D eigenvalue weighted by atomic mass is 15.0. The molecule has 1 aromatic carbocycles. The lowest BCUT2D eigenvalue weighted by Crippen LogP contribution is -2.00. The Balaban J connectivity index is 2.39. The lowest BCUT2D eigenvalue weighted by atomic mass is 10.0. The molecule has 2 aromatic rings. The van der Waals surface area contributed by atoms with Crippen LogP contribution in [0.5, 0.6) is 0 Å². The lowest BCUT2D eigenvalue weighted by Gasteiger charge is -2.12. The smallest absolute Gasteiger partial charge is 0.0452 e. The minimum absolute atomic E-state index is 0.555. The van der Waals surface area contributed by atoms with Gasteiger partial charge in [0, 0.05) is 17.6 Å². The number of benzene rings is 1. The Kier molecular flexibility index (Phi) is 3.19. The average molecular weight is 225 g/mol. The molecule has 0 aliphatic heterocycles. The molecular weight excluding hydrogens is 206 g/mol. The van der Waals surface area contributed by atoms with E-state index < -0.39 is 0 Å². The molecule has 1 heteroatoms. The molecule has 0 unspecified atom stereocenters. The molecule has 0 bridgehead atoms. The molecule has 0 saturated carbocycles. The monoisotopic (exact) mass is 225 g/mol. The van der Waals surface area contributed by atoms with Crippen molar-refractivity contribution in [3.8, 4) is 0 Å². The molecule has 0 aliphatic rings. The SMILES string of the molecule is C=C(c1ccccc1)n1ccc(C(C)C)c1C. The molecule has 0 spiro atoms. The second kappa shape index (κ2) is 4.62. The first-order chi connectivity index (χ1) is 8.11. The molecule has 2 rings (SSSR count). The van der Waals surface area contributed by atoms with Gasteiger partial charge in [-0.05, 0) is 30.0 Å². The van der Waals surface area contributed by atoms with Gasteiger partial charge in [0.2, 0.25) is 0 Å². The normalized spacial score (nSPS) is 10.8. The summed E-state index contributed by atoms with van der Waals surface area (Å²) < 4.78 is 2.17. The molecule has 0 N–H and O–H groups in total. The summed E-state index contributed by atoms with van der Waals surface area (Å²) in [6.45, 7) is 10.8. The summed E-state index contributed by atoms with van der Waals surface area (Å²) in [4.78, 5) is 0. The van der Waals surface area contributed by atoms with Gasteiger partial charge in [-0.25, -0.2) is 0 Å². The van der Waals surface area contributed by atoms with Crippen molar-refractivity contribution in [2.24, 2.45) is 0 Å². The van der Waals surface area contributed by atoms with Gasteiger partial charge in [-0.3, -0.25) is 0 Å². The van der Waals surface area contributed by atoms with Crippen molar-refractivity contribution in [3.63, 3.8) is 0 Å². The van der Waals surface area contributed by atoms with Crippen LogP contribution in [-0.2, 0) is 0 Å². The summed E-state index contributed by atoms with van der Waals surface area (Å²) in [7, 11) is 0. The summed E-state index contributed by atoms with van der Waals surface area (Å²) in [5, 5.41) is 0. The van der Waals surface area contributed by atoms with Crippen molar-refractivity contribution in [2.75, 3.05) is 0 Å². The summed E-state index contributed by atoms with van der Waals surface area (Å²) in [5.41, 5.74) is 4.88. The van der Waals surface area contributed by atoms with Gasteiger partial charge in [0.05, 0.1) is 0 Å². The quantitative estimate of drug-likeness (QED) is 0.727. The van der Waals surface area contributed by atoms with Crippen molar-refractivity contribution >= 4 is 5.70 Å². The molecular formula is C16H19N. The highest BCUT2D eigenvalue weighted by Gasteiger charge is 2.10. The Bertz CT molecular complexity index is 518. The molecule has 0 fully saturated rings. The second-order valence-electron chi connectivity index (χ2n) is 4.69. The summed E-state index contributed by atoms with van der Waals surface area (Å²) in [5.74, 6) is 0.555. The number of aromatic nitrogens is 1. The molecule has 88 valence electrons. The minimum Gasteiger partial charge on any atom is -0.321 e. The Morgan fingerprint density at radius 2 is 1.76 bits per heavy atom. The van der Waals surface area contributed by atoms with Crippen LogP contribution in [0.25, 0.3) is 5.70 Å². The topological polar surface area (TPSA) is 4.93 Å². The zero-order chi connectivity index (χ0) is 12.4. The van der Waals surface area contributed by atoms with Gasteiger partial charge < -0.3 is 4.57 Å². The van der Waals surface area contributed by atoms with Crippen LogP contribution < -0.4 is 0 Å². The number of hydrogen-bond donors (Lipinski definition) is 0. The highest BCUT2D eigenvalue weighted by molar-refractivity contribution is 5.65. The third kappa shape index (κ3) is 2.19. The van der Waals surface area contributed by atoms with Gasteiger partial charge in [-0.1, -0.05) is 50.8 Å². The predicted molar refractivity (Wildman–Crippen MR) is 74.1 cm³/mol. The summed E-state index contributed by atoms with van der Waals surface area (Å²) in [6, 6.07) is 12.5. The van der Waals surface area contributed by atoms with Gasteiger partial charge in [0.25, 0.3) is 0 Å². The van der Waals surface area contributed by atoms with Crippen LogP contribution in [0.1, 0.15) is 36.6 Å². The third-order valence-corrected chi connectivity index (χ3v) is 3.20. The maximum Gasteiger partial charge on any atom is 0.0452 e. The molecule has 1 nitrogen and oxygen atoms in total. The van der Waals surface area contributed by atoms with Crippen molar-refractivity contribution in [1.82, 2.24) is 4.57 Å². The molecule has 0 aliphatic carbocycles.